The van der Waals surface area contributed by atoms with Crippen molar-refractivity contribution in [3.63, 3.8) is 0 Å². The Hall–Kier alpha value is -3.51. The summed E-state index contributed by atoms with van der Waals surface area (Å²) in [5, 5.41) is 9.98. The summed E-state index contributed by atoms with van der Waals surface area (Å²) in [6.07, 6.45) is 0. The van der Waals surface area contributed by atoms with Crippen LogP contribution in [0.3, 0.4) is 0 Å². The summed E-state index contributed by atoms with van der Waals surface area (Å²) < 4.78 is 17.2. The van der Waals surface area contributed by atoms with Gasteiger partial charge in [0.05, 0.1) is 5.56 Å². The van der Waals surface area contributed by atoms with Crippen LogP contribution in [-0.2, 0) is 21.0 Å². The van der Waals surface area contributed by atoms with Crippen molar-refractivity contribution < 1.29 is 28.9 Å². The van der Waals surface area contributed by atoms with Gasteiger partial charge in [-0.3, -0.25) is 4.79 Å². The second-order valence-electron chi connectivity index (χ2n) is 7.12. The van der Waals surface area contributed by atoms with Crippen LogP contribution < -0.4 is 9.47 Å². The molecule has 5 rings (SSSR count). The highest BCUT2D eigenvalue weighted by Gasteiger charge is 2.53. The molecule has 3 aromatic rings. The van der Waals surface area contributed by atoms with E-state index in [1.165, 1.54) is 19.1 Å². The minimum atomic E-state index is -1.26. The number of phenolic OH excluding ortho intramolecular Hbond substituents is 1. The SMILES string of the molecule is CC(=O)Oc1ccc2c(c1)Oc1cc(O)ccc1C21OC(=O)c2cc(CCl)ccc21. The van der Waals surface area contributed by atoms with Gasteiger partial charge in [-0.15, -0.1) is 11.6 Å². The molecule has 0 saturated carbocycles. The highest BCUT2D eigenvalue weighted by molar-refractivity contribution is 6.17. The van der Waals surface area contributed by atoms with E-state index in [4.69, 9.17) is 25.8 Å². The number of carbonyl (C=O) groups is 2. The van der Waals surface area contributed by atoms with Crippen molar-refractivity contribution in [2.75, 3.05) is 0 Å². The summed E-state index contributed by atoms with van der Waals surface area (Å²) in [7, 11) is 0. The lowest BCUT2D eigenvalue weighted by molar-refractivity contribution is -0.131. The van der Waals surface area contributed by atoms with Crippen molar-refractivity contribution in [1.29, 1.82) is 0 Å². The first-order valence-corrected chi connectivity index (χ1v) is 9.73. The molecule has 0 radical (unpaired) electrons. The molecular weight excluding hydrogens is 408 g/mol. The van der Waals surface area contributed by atoms with Crippen molar-refractivity contribution >= 4 is 23.5 Å². The van der Waals surface area contributed by atoms with Crippen LogP contribution in [0, 0.1) is 0 Å². The molecule has 1 unspecified atom stereocenters. The first kappa shape index (κ1) is 18.5. The molecule has 7 heteroatoms. The maximum absolute atomic E-state index is 12.9. The molecule has 0 saturated heterocycles. The van der Waals surface area contributed by atoms with Crippen molar-refractivity contribution in [2.45, 2.75) is 18.4 Å². The summed E-state index contributed by atoms with van der Waals surface area (Å²) in [5.41, 5.74) is 1.78. The first-order chi connectivity index (χ1) is 14.4. The molecule has 3 aromatic carbocycles. The largest absolute Gasteiger partial charge is 0.508 e. The third kappa shape index (κ3) is 2.57. The van der Waals surface area contributed by atoms with E-state index in [0.717, 1.165) is 5.56 Å². The van der Waals surface area contributed by atoms with Gasteiger partial charge in [0.25, 0.3) is 0 Å². The van der Waals surface area contributed by atoms with Gasteiger partial charge in [-0.2, -0.15) is 0 Å². The van der Waals surface area contributed by atoms with Gasteiger partial charge in [-0.05, 0) is 35.9 Å². The monoisotopic (exact) mass is 422 g/mol. The number of rotatable bonds is 2. The van der Waals surface area contributed by atoms with Crippen LogP contribution in [0.5, 0.6) is 23.0 Å². The molecular formula is C23H15ClO6. The fourth-order valence-electron chi connectivity index (χ4n) is 4.06. The molecule has 150 valence electrons. The van der Waals surface area contributed by atoms with Crippen LogP contribution in [-0.4, -0.2) is 17.0 Å². The molecule has 0 fully saturated rings. The average molecular weight is 423 g/mol. The topological polar surface area (TPSA) is 82.1 Å². The Morgan fingerprint density at radius 2 is 1.73 bits per heavy atom. The van der Waals surface area contributed by atoms with Crippen molar-refractivity contribution in [3.8, 4) is 23.0 Å². The van der Waals surface area contributed by atoms with Crippen LogP contribution in [0.1, 0.15) is 39.5 Å². The van der Waals surface area contributed by atoms with E-state index >= 15 is 0 Å². The minimum Gasteiger partial charge on any atom is -0.508 e. The minimum absolute atomic E-state index is 0.00512. The number of hydrogen-bond donors (Lipinski definition) is 1. The number of fused-ring (bicyclic) bond motifs is 6. The fourth-order valence-corrected chi connectivity index (χ4v) is 4.22. The van der Waals surface area contributed by atoms with Gasteiger partial charge in [-0.1, -0.05) is 12.1 Å². The molecule has 30 heavy (non-hydrogen) atoms. The molecule has 1 atom stereocenters. The summed E-state index contributed by atoms with van der Waals surface area (Å²) in [5.74, 6) is 0.312. The quantitative estimate of drug-likeness (QED) is 0.368. The second-order valence-corrected chi connectivity index (χ2v) is 7.39. The molecule has 0 amide bonds. The van der Waals surface area contributed by atoms with Crippen LogP contribution in [0.2, 0.25) is 0 Å². The second kappa shape index (κ2) is 6.50. The Labute approximate surface area is 176 Å². The number of alkyl halides is 1. The van der Waals surface area contributed by atoms with Gasteiger partial charge in [-0.25, -0.2) is 4.79 Å². The maximum atomic E-state index is 12.9. The fraction of sp³-hybridized carbons (Fsp3) is 0.130. The zero-order valence-corrected chi connectivity index (χ0v) is 16.5. The van der Waals surface area contributed by atoms with E-state index in [9.17, 15) is 14.7 Å². The number of benzene rings is 3. The molecule has 6 nitrogen and oxygen atoms in total. The molecule has 0 bridgehead atoms. The Morgan fingerprint density at radius 1 is 1.03 bits per heavy atom. The third-order valence-corrected chi connectivity index (χ3v) is 5.55. The normalized spacial score (nSPS) is 18.1. The lowest BCUT2D eigenvalue weighted by Gasteiger charge is -2.36. The number of esters is 2. The number of phenols is 1. The molecule has 1 N–H and O–H groups in total. The van der Waals surface area contributed by atoms with E-state index < -0.39 is 17.5 Å². The van der Waals surface area contributed by atoms with Gasteiger partial charge in [0.2, 0.25) is 0 Å². The smallest absolute Gasteiger partial charge is 0.340 e. The van der Waals surface area contributed by atoms with Crippen molar-refractivity contribution in [3.05, 3.63) is 82.4 Å². The number of halogens is 1. The predicted molar refractivity (Wildman–Crippen MR) is 107 cm³/mol. The number of ether oxygens (including phenoxy) is 3. The Morgan fingerprint density at radius 3 is 2.47 bits per heavy atom. The van der Waals surface area contributed by atoms with Crippen LogP contribution >= 0.6 is 11.6 Å². The Kier molecular flexibility index (Phi) is 4.01. The van der Waals surface area contributed by atoms with E-state index in [0.29, 0.717) is 39.5 Å². The highest BCUT2D eigenvalue weighted by Crippen LogP contribution is 2.57. The molecule has 0 aromatic heterocycles. The Bertz CT molecular complexity index is 1230. The summed E-state index contributed by atoms with van der Waals surface area (Å²) in [6, 6.07) is 14.9. The first-order valence-electron chi connectivity index (χ1n) is 9.19. The van der Waals surface area contributed by atoms with Crippen LogP contribution in [0.4, 0.5) is 0 Å². The molecule has 2 heterocycles. The number of carbonyl (C=O) groups excluding carboxylic acids is 2. The highest BCUT2D eigenvalue weighted by atomic mass is 35.5. The Balaban J connectivity index is 1.80. The van der Waals surface area contributed by atoms with Crippen molar-refractivity contribution in [2.24, 2.45) is 0 Å². The van der Waals surface area contributed by atoms with Gasteiger partial charge in [0, 0.05) is 41.6 Å². The molecule has 1 spiro atoms. The van der Waals surface area contributed by atoms with E-state index in [1.807, 2.05) is 12.1 Å². The van der Waals surface area contributed by atoms with Gasteiger partial charge in [0.1, 0.15) is 23.0 Å². The van der Waals surface area contributed by atoms with E-state index in [1.54, 1.807) is 30.3 Å². The van der Waals surface area contributed by atoms with Crippen LogP contribution in [0.25, 0.3) is 0 Å². The van der Waals surface area contributed by atoms with E-state index in [-0.39, 0.29) is 11.6 Å². The molecule has 2 aliphatic rings. The maximum Gasteiger partial charge on any atom is 0.340 e. The van der Waals surface area contributed by atoms with Gasteiger partial charge < -0.3 is 19.3 Å². The third-order valence-electron chi connectivity index (χ3n) is 5.24. The van der Waals surface area contributed by atoms with E-state index in [2.05, 4.69) is 0 Å². The molecule has 2 aliphatic heterocycles. The average Bonchev–Trinajstić information content (AvgIpc) is 2.99. The zero-order chi connectivity index (χ0) is 21.0. The summed E-state index contributed by atoms with van der Waals surface area (Å²) >= 11 is 5.95. The van der Waals surface area contributed by atoms with Gasteiger partial charge >= 0.3 is 11.9 Å². The van der Waals surface area contributed by atoms with Crippen LogP contribution in [0.15, 0.2) is 54.6 Å². The van der Waals surface area contributed by atoms with Gasteiger partial charge in [0.15, 0.2) is 5.60 Å². The lowest BCUT2D eigenvalue weighted by atomic mass is 9.77. The number of aromatic hydroxyl groups is 1. The predicted octanol–water partition coefficient (Wildman–Crippen LogP) is 4.62. The zero-order valence-electron chi connectivity index (χ0n) is 15.8. The summed E-state index contributed by atoms with van der Waals surface area (Å²) in [6.45, 7) is 1.30. The number of hydrogen-bond acceptors (Lipinski definition) is 6. The summed E-state index contributed by atoms with van der Waals surface area (Å²) in [4.78, 5) is 24.2. The molecule has 0 aliphatic carbocycles. The lowest BCUT2D eigenvalue weighted by Crippen LogP contribution is -2.33. The van der Waals surface area contributed by atoms with Crippen molar-refractivity contribution in [1.82, 2.24) is 0 Å². The standard InChI is InChI=1S/C23H15ClO6/c1-12(25)28-15-4-7-19-21(10-15)29-20-9-14(26)3-6-18(20)23(19)17-5-2-13(11-24)8-16(17)22(27)30-23/h2-10,26H,11H2,1H3.